The van der Waals surface area contributed by atoms with E-state index in [2.05, 4.69) is 21.8 Å². The van der Waals surface area contributed by atoms with Crippen molar-refractivity contribution in [2.24, 2.45) is 5.73 Å². The van der Waals surface area contributed by atoms with Crippen molar-refractivity contribution >= 4 is 5.82 Å². The molecule has 2 rings (SSSR count). The Balaban J connectivity index is 2.01. The second-order valence-corrected chi connectivity index (χ2v) is 3.64. The summed E-state index contributed by atoms with van der Waals surface area (Å²) in [6.07, 6.45) is 6.18. The molecule has 1 aliphatic heterocycles. The second-order valence-electron chi connectivity index (χ2n) is 3.64. The molecular formula is C9H14N4. The molecule has 0 aromatic carbocycles. The first-order valence-electron chi connectivity index (χ1n) is 4.53. The number of hydrogen-bond donors (Lipinski definition) is 1. The smallest absolute Gasteiger partial charge is 0.147 e. The zero-order valence-electron chi connectivity index (χ0n) is 7.77. The molecule has 1 fully saturated rings. The fourth-order valence-electron chi connectivity index (χ4n) is 1.55. The van der Waals surface area contributed by atoms with Crippen molar-refractivity contribution < 1.29 is 0 Å². The van der Waals surface area contributed by atoms with Gasteiger partial charge in [0, 0.05) is 25.5 Å². The lowest BCUT2D eigenvalue weighted by molar-refractivity contribution is 0.320. The highest BCUT2D eigenvalue weighted by molar-refractivity contribution is 5.41. The molecule has 1 aromatic heterocycles. The lowest BCUT2D eigenvalue weighted by Crippen LogP contribution is -2.67. The van der Waals surface area contributed by atoms with Crippen molar-refractivity contribution in [3.63, 3.8) is 0 Å². The van der Waals surface area contributed by atoms with E-state index in [0.29, 0.717) is 0 Å². The van der Waals surface area contributed by atoms with Gasteiger partial charge < -0.3 is 10.6 Å². The lowest BCUT2D eigenvalue weighted by Gasteiger charge is -2.47. The van der Waals surface area contributed by atoms with Gasteiger partial charge in [-0.2, -0.15) is 0 Å². The van der Waals surface area contributed by atoms with Crippen molar-refractivity contribution in [3.05, 3.63) is 18.6 Å². The van der Waals surface area contributed by atoms with Gasteiger partial charge in [-0.3, -0.25) is 4.98 Å². The van der Waals surface area contributed by atoms with Crippen LogP contribution in [-0.4, -0.2) is 28.6 Å². The summed E-state index contributed by atoms with van der Waals surface area (Å²) in [4.78, 5) is 10.4. The molecule has 13 heavy (non-hydrogen) atoms. The third-order valence-corrected chi connectivity index (χ3v) is 2.59. The number of anilines is 1. The van der Waals surface area contributed by atoms with E-state index in [1.165, 1.54) is 0 Å². The number of nitrogens with two attached hydrogens (primary N) is 1. The van der Waals surface area contributed by atoms with Crippen LogP contribution in [0, 0.1) is 0 Å². The molecule has 70 valence electrons. The lowest BCUT2D eigenvalue weighted by atomic mass is 9.88. The van der Waals surface area contributed by atoms with Crippen molar-refractivity contribution in [3.8, 4) is 0 Å². The Morgan fingerprint density at radius 2 is 2.31 bits per heavy atom. The number of nitrogens with zero attached hydrogens (tertiary/aromatic N) is 3. The summed E-state index contributed by atoms with van der Waals surface area (Å²) in [5.74, 6) is 0.928. The van der Waals surface area contributed by atoms with Gasteiger partial charge in [-0.25, -0.2) is 4.98 Å². The first kappa shape index (κ1) is 8.44. The Kier molecular flexibility index (Phi) is 1.92. The predicted molar refractivity (Wildman–Crippen MR) is 51.5 cm³/mol. The van der Waals surface area contributed by atoms with Crippen molar-refractivity contribution in [2.45, 2.75) is 18.9 Å². The number of hydrogen-bond acceptors (Lipinski definition) is 4. The zero-order chi connectivity index (χ0) is 9.31. The Hall–Kier alpha value is -1.16. The molecule has 0 radical (unpaired) electrons. The van der Waals surface area contributed by atoms with Crippen LogP contribution in [0.3, 0.4) is 0 Å². The normalized spacial score (nSPS) is 19.7. The van der Waals surface area contributed by atoms with Crippen LogP contribution >= 0.6 is 0 Å². The summed E-state index contributed by atoms with van der Waals surface area (Å²) in [6.45, 7) is 3.90. The summed E-state index contributed by atoms with van der Waals surface area (Å²) in [7, 11) is 0. The molecule has 0 spiro atoms. The van der Waals surface area contributed by atoms with E-state index in [-0.39, 0.29) is 5.54 Å². The van der Waals surface area contributed by atoms with Gasteiger partial charge in [-0.15, -0.1) is 0 Å². The summed E-state index contributed by atoms with van der Waals surface area (Å²) in [6, 6.07) is 0. The topological polar surface area (TPSA) is 55.0 Å². The molecule has 1 saturated heterocycles. The highest BCUT2D eigenvalue weighted by atomic mass is 15.3. The molecule has 0 aliphatic carbocycles. The molecule has 0 bridgehead atoms. The Morgan fingerprint density at radius 1 is 1.54 bits per heavy atom. The summed E-state index contributed by atoms with van der Waals surface area (Å²) in [5.41, 5.74) is 6.04. The minimum atomic E-state index is -0.00246. The zero-order valence-corrected chi connectivity index (χ0v) is 7.77. The van der Waals surface area contributed by atoms with Crippen LogP contribution in [0.5, 0.6) is 0 Å². The van der Waals surface area contributed by atoms with Gasteiger partial charge >= 0.3 is 0 Å². The fraction of sp³-hybridized carbons (Fsp3) is 0.556. The maximum Gasteiger partial charge on any atom is 0.147 e. The Labute approximate surface area is 77.8 Å². The molecule has 0 unspecified atom stereocenters. The monoisotopic (exact) mass is 178 g/mol. The maximum atomic E-state index is 6.04. The summed E-state index contributed by atoms with van der Waals surface area (Å²) >= 11 is 0. The Morgan fingerprint density at radius 3 is 2.85 bits per heavy atom. The standard InChI is InChI=1S/C9H14N4/c1-2-9(10)6-13(7-9)8-5-11-3-4-12-8/h3-5H,2,6-7,10H2,1H3. The van der Waals surface area contributed by atoms with Gasteiger partial charge in [0.05, 0.1) is 11.7 Å². The predicted octanol–water partition coefficient (Wildman–Crippen LogP) is 0.404. The molecular weight excluding hydrogens is 164 g/mol. The summed E-state index contributed by atoms with van der Waals surface area (Å²) < 4.78 is 0. The minimum Gasteiger partial charge on any atom is -0.352 e. The molecule has 4 heteroatoms. The van der Waals surface area contributed by atoms with Gasteiger partial charge in [-0.1, -0.05) is 6.92 Å². The highest BCUT2D eigenvalue weighted by Crippen LogP contribution is 2.25. The molecule has 1 aromatic rings. The maximum absolute atomic E-state index is 6.04. The summed E-state index contributed by atoms with van der Waals surface area (Å²) in [5, 5.41) is 0. The Bertz CT molecular complexity index is 279. The third-order valence-electron chi connectivity index (χ3n) is 2.59. The number of rotatable bonds is 2. The molecule has 2 heterocycles. The molecule has 2 N–H and O–H groups in total. The largest absolute Gasteiger partial charge is 0.352 e. The van der Waals surface area contributed by atoms with Crippen LogP contribution in [0.1, 0.15) is 13.3 Å². The fourth-order valence-corrected chi connectivity index (χ4v) is 1.55. The van der Waals surface area contributed by atoms with E-state index in [9.17, 15) is 0 Å². The molecule has 4 nitrogen and oxygen atoms in total. The van der Waals surface area contributed by atoms with Crippen molar-refractivity contribution in [1.29, 1.82) is 0 Å². The van der Waals surface area contributed by atoms with Crippen LogP contribution in [0.15, 0.2) is 18.6 Å². The SMILES string of the molecule is CCC1(N)CN(c2cnccn2)C1. The van der Waals surface area contributed by atoms with E-state index in [0.717, 1.165) is 25.3 Å². The molecule has 0 saturated carbocycles. The van der Waals surface area contributed by atoms with Crippen LogP contribution in [-0.2, 0) is 0 Å². The van der Waals surface area contributed by atoms with E-state index >= 15 is 0 Å². The van der Waals surface area contributed by atoms with Crippen LogP contribution in [0.25, 0.3) is 0 Å². The molecule has 0 amide bonds. The average molecular weight is 178 g/mol. The van der Waals surface area contributed by atoms with Crippen LogP contribution < -0.4 is 10.6 Å². The van der Waals surface area contributed by atoms with Gasteiger partial charge in [0.2, 0.25) is 0 Å². The van der Waals surface area contributed by atoms with Crippen molar-refractivity contribution in [1.82, 2.24) is 9.97 Å². The van der Waals surface area contributed by atoms with Crippen LogP contribution in [0.2, 0.25) is 0 Å². The minimum absolute atomic E-state index is 0.00246. The second kappa shape index (κ2) is 2.96. The van der Waals surface area contributed by atoms with E-state index in [1.807, 2.05) is 0 Å². The van der Waals surface area contributed by atoms with Gasteiger partial charge in [0.25, 0.3) is 0 Å². The highest BCUT2D eigenvalue weighted by Gasteiger charge is 2.38. The van der Waals surface area contributed by atoms with E-state index < -0.39 is 0 Å². The van der Waals surface area contributed by atoms with E-state index in [4.69, 9.17) is 5.73 Å². The van der Waals surface area contributed by atoms with E-state index in [1.54, 1.807) is 18.6 Å². The first-order valence-corrected chi connectivity index (χ1v) is 4.53. The first-order chi connectivity index (χ1) is 6.23. The average Bonchev–Trinajstić information content (AvgIpc) is 2.14. The quantitative estimate of drug-likeness (QED) is 0.712. The van der Waals surface area contributed by atoms with Gasteiger partial charge in [0.1, 0.15) is 5.82 Å². The molecule has 0 atom stereocenters. The molecule has 1 aliphatic rings. The van der Waals surface area contributed by atoms with Crippen molar-refractivity contribution in [2.75, 3.05) is 18.0 Å². The number of aromatic nitrogens is 2. The van der Waals surface area contributed by atoms with Gasteiger partial charge in [-0.05, 0) is 6.42 Å². The van der Waals surface area contributed by atoms with Gasteiger partial charge in [0.15, 0.2) is 0 Å². The van der Waals surface area contributed by atoms with Crippen LogP contribution in [0.4, 0.5) is 5.82 Å². The third kappa shape index (κ3) is 1.49.